The lowest BCUT2D eigenvalue weighted by Gasteiger charge is -2.29. The van der Waals surface area contributed by atoms with Gasteiger partial charge in [-0.25, -0.2) is 12.8 Å². The van der Waals surface area contributed by atoms with Crippen LogP contribution in [0.5, 0.6) is 0 Å². The molecule has 25 heavy (non-hydrogen) atoms. The second-order valence-electron chi connectivity index (χ2n) is 5.87. The Balaban J connectivity index is 1.86. The van der Waals surface area contributed by atoms with Crippen LogP contribution in [-0.2, 0) is 16.4 Å². The van der Waals surface area contributed by atoms with Gasteiger partial charge < -0.3 is 5.32 Å². The normalized spacial score (nSPS) is 14.1. The van der Waals surface area contributed by atoms with Crippen LogP contribution in [0, 0.1) is 5.82 Å². The zero-order valence-electron chi connectivity index (χ0n) is 13.4. The molecule has 1 N–H and O–H groups in total. The van der Waals surface area contributed by atoms with Gasteiger partial charge in [-0.05, 0) is 54.8 Å². The van der Waals surface area contributed by atoms with E-state index in [1.807, 2.05) is 0 Å². The maximum atomic E-state index is 13.5. The number of carbonyl (C=O) groups excluding carboxylic acids is 1. The van der Waals surface area contributed by atoms with Gasteiger partial charge in [-0.3, -0.25) is 9.10 Å². The molecule has 3 rings (SSSR count). The number of benzene rings is 2. The summed E-state index contributed by atoms with van der Waals surface area (Å²) in [6, 6.07) is 8.88. The first-order chi connectivity index (χ1) is 11.8. The first-order valence-corrected chi connectivity index (χ1v) is 9.85. The molecule has 132 valence electrons. The van der Waals surface area contributed by atoms with E-state index >= 15 is 0 Å². The molecule has 5 nitrogen and oxygen atoms in total. The first-order valence-electron chi connectivity index (χ1n) is 7.63. The van der Waals surface area contributed by atoms with E-state index in [2.05, 4.69) is 5.32 Å². The lowest BCUT2D eigenvalue weighted by molar-refractivity contribution is 0.102. The molecule has 1 amide bonds. The summed E-state index contributed by atoms with van der Waals surface area (Å²) in [7, 11) is -3.35. The van der Waals surface area contributed by atoms with Crippen LogP contribution in [0.1, 0.15) is 22.3 Å². The molecule has 0 aliphatic carbocycles. The summed E-state index contributed by atoms with van der Waals surface area (Å²) < 4.78 is 38.6. The molecule has 8 heteroatoms. The van der Waals surface area contributed by atoms with Gasteiger partial charge in [0.15, 0.2) is 0 Å². The number of carbonyl (C=O) groups is 1. The number of nitrogens with one attached hydrogen (secondary N) is 1. The number of aryl methyl sites for hydroxylation is 1. The van der Waals surface area contributed by atoms with E-state index in [0.717, 1.165) is 17.9 Å². The second-order valence-corrected chi connectivity index (χ2v) is 8.18. The minimum atomic E-state index is -3.35. The molecule has 0 saturated heterocycles. The highest BCUT2D eigenvalue weighted by atomic mass is 35.5. The summed E-state index contributed by atoms with van der Waals surface area (Å²) in [6.45, 7) is 0.432. The molecule has 0 bridgehead atoms. The molecule has 0 unspecified atom stereocenters. The Labute approximate surface area is 150 Å². The van der Waals surface area contributed by atoms with E-state index in [1.165, 1.54) is 16.4 Å². The van der Waals surface area contributed by atoms with E-state index in [1.54, 1.807) is 18.2 Å². The van der Waals surface area contributed by atoms with Gasteiger partial charge in [0.1, 0.15) is 5.82 Å². The fourth-order valence-electron chi connectivity index (χ4n) is 2.83. The third-order valence-corrected chi connectivity index (χ3v) is 5.48. The average molecular weight is 383 g/mol. The SMILES string of the molecule is CS(=O)(=O)N1CCCc2cc(C(=O)Nc3ccc(Cl)c(F)c3)ccc21. The smallest absolute Gasteiger partial charge is 0.255 e. The van der Waals surface area contributed by atoms with Crippen LogP contribution in [-0.4, -0.2) is 27.1 Å². The fraction of sp³-hybridized carbons (Fsp3) is 0.235. The standard InChI is InChI=1S/C17H16ClFN2O3S/c1-25(23,24)21-8-2-3-11-9-12(4-7-16(11)21)17(22)20-13-5-6-14(18)15(19)10-13/h4-7,9-10H,2-3,8H2,1H3,(H,20,22). The number of hydrogen-bond donors (Lipinski definition) is 1. The zero-order chi connectivity index (χ0) is 18.2. The van der Waals surface area contributed by atoms with Crippen molar-refractivity contribution >= 4 is 38.9 Å². The number of nitrogens with zero attached hydrogens (tertiary/aromatic N) is 1. The highest BCUT2D eigenvalue weighted by molar-refractivity contribution is 7.92. The van der Waals surface area contributed by atoms with Gasteiger partial charge in [0.25, 0.3) is 5.91 Å². The summed E-state index contributed by atoms with van der Waals surface area (Å²) >= 11 is 5.62. The Morgan fingerprint density at radius 2 is 2.00 bits per heavy atom. The molecule has 0 atom stereocenters. The van der Waals surface area contributed by atoms with Crippen LogP contribution in [0.2, 0.25) is 5.02 Å². The van der Waals surface area contributed by atoms with Crippen molar-refractivity contribution in [2.45, 2.75) is 12.8 Å². The number of fused-ring (bicyclic) bond motifs is 1. The molecule has 2 aromatic carbocycles. The first kappa shape index (κ1) is 17.7. The van der Waals surface area contributed by atoms with E-state index in [4.69, 9.17) is 11.6 Å². The van der Waals surface area contributed by atoms with Crippen molar-refractivity contribution in [2.75, 3.05) is 22.4 Å². The van der Waals surface area contributed by atoms with Gasteiger partial charge in [0.2, 0.25) is 10.0 Å². The molecule has 0 aromatic heterocycles. The van der Waals surface area contributed by atoms with Gasteiger partial charge >= 0.3 is 0 Å². The topological polar surface area (TPSA) is 66.5 Å². The van der Waals surface area contributed by atoms with Crippen LogP contribution in [0.3, 0.4) is 0 Å². The van der Waals surface area contributed by atoms with Gasteiger partial charge in [0, 0.05) is 17.8 Å². The molecule has 0 radical (unpaired) electrons. The van der Waals surface area contributed by atoms with Gasteiger partial charge in [0.05, 0.1) is 17.0 Å². The summed E-state index contributed by atoms with van der Waals surface area (Å²) in [5.41, 5.74) is 2.07. The third-order valence-electron chi connectivity index (χ3n) is 4.00. The van der Waals surface area contributed by atoms with Crippen LogP contribution in [0.15, 0.2) is 36.4 Å². The fourth-order valence-corrected chi connectivity index (χ4v) is 3.94. The van der Waals surface area contributed by atoms with Crippen molar-refractivity contribution in [3.8, 4) is 0 Å². The van der Waals surface area contributed by atoms with Crippen LogP contribution >= 0.6 is 11.6 Å². The molecular formula is C17H16ClFN2O3S. The van der Waals surface area contributed by atoms with E-state index < -0.39 is 21.7 Å². The minimum absolute atomic E-state index is 0.0207. The molecule has 0 saturated carbocycles. The van der Waals surface area contributed by atoms with Crippen LogP contribution < -0.4 is 9.62 Å². The Bertz CT molecular complexity index is 947. The van der Waals surface area contributed by atoms with Crippen molar-refractivity contribution in [1.29, 1.82) is 0 Å². The van der Waals surface area contributed by atoms with Gasteiger partial charge in [-0.15, -0.1) is 0 Å². The number of hydrogen-bond acceptors (Lipinski definition) is 3. The Morgan fingerprint density at radius 3 is 2.68 bits per heavy atom. The summed E-state index contributed by atoms with van der Waals surface area (Å²) in [6.07, 6.45) is 2.55. The third kappa shape index (κ3) is 3.77. The highest BCUT2D eigenvalue weighted by Gasteiger charge is 2.24. The average Bonchev–Trinajstić information content (AvgIpc) is 2.56. The van der Waals surface area contributed by atoms with E-state index in [-0.39, 0.29) is 5.02 Å². The maximum Gasteiger partial charge on any atom is 0.255 e. The number of sulfonamides is 1. The number of anilines is 2. The molecule has 0 fully saturated rings. The van der Waals surface area contributed by atoms with Crippen molar-refractivity contribution in [3.05, 3.63) is 58.4 Å². The number of rotatable bonds is 3. The highest BCUT2D eigenvalue weighted by Crippen LogP contribution is 2.30. The summed E-state index contributed by atoms with van der Waals surface area (Å²) in [5.74, 6) is -1.02. The molecular weight excluding hydrogens is 367 g/mol. The predicted molar refractivity (Wildman–Crippen MR) is 96.3 cm³/mol. The largest absolute Gasteiger partial charge is 0.322 e. The maximum absolute atomic E-state index is 13.5. The van der Waals surface area contributed by atoms with Gasteiger partial charge in [-0.2, -0.15) is 0 Å². The Morgan fingerprint density at radius 1 is 1.24 bits per heavy atom. The summed E-state index contributed by atoms with van der Waals surface area (Å²) in [4.78, 5) is 12.4. The number of amides is 1. The second kappa shape index (κ2) is 6.65. The lowest BCUT2D eigenvalue weighted by Crippen LogP contribution is -2.34. The van der Waals surface area contributed by atoms with E-state index in [0.29, 0.717) is 36.3 Å². The van der Waals surface area contributed by atoms with Crippen molar-refractivity contribution in [1.82, 2.24) is 0 Å². The van der Waals surface area contributed by atoms with Crippen LogP contribution in [0.25, 0.3) is 0 Å². The molecule has 1 aliphatic rings. The quantitative estimate of drug-likeness (QED) is 0.884. The van der Waals surface area contributed by atoms with Crippen molar-refractivity contribution < 1.29 is 17.6 Å². The zero-order valence-corrected chi connectivity index (χ0v) is 15.0. The molecule has 0 spiro atoms. The summed E-state index contributed by atoms with van der Waals surface area (Å²) in [5, 5.41) is 2.58. The molecule has 1 heterocycles. The molecule has 1 aliphatic heterocycles. The van der Waals surface area contributed by atoms with Crippen molar-refractivity contribution in [2.24, 2.45) is 0 Å². The van der Waals surface area contributed by atoms with Gasteiger partial charge in [-0.1, -0.05) is 11.6 Å². The lowest BCUT2D eigenvalue weighted by atomic mass is 10.0. The minimum Gasteiger partial charge on any atom is -0.322 e. The monoisotopic (exact) mass is 382 g/mol. The molecule has 2 aromatic rings. The Kier molecular flexibility index (Phi) is 4.71. The van der Waals surface area contributed by atoms with Crippen molar-refractivity contribution in [3.63, 3.8) is 0 Å². The Hall–Kier alpha value is -2.12. The number of halogens is 2. The van der Waals surface area contributed by atoms with Crippen LogP contribution in [0.4, 0.5) is 15.8 Å². The van der Waals surface area contributed by atoms with E-state index in [9.17, 15) is 17.6 Å². The predicted octanol–water partition coefficient (Wildman–Crippen LogP) is 3.44.